The predicted octanol–water partition coefficient (Wildman–Crippen LogP) is 4.83. The molecule has 4 amide bonds. The number of esters is 1. The van der Waals surface area contributed by atoms with Crippen molar-refractivity contribution in [1.29, 1.82) is 0 Å². The summed E-state index contributed by atoms with van der Waals surface area (Å²) >= 11 is 0. The number of Topliss-reactive ketones (excluding diaryl/α,β-unsaturated/α-hetero) is 1. The lowest BCUT2D eigenvalue weighted by molar-refractivity contribution is -0.146. The number of nitrogens with one attached hydrogen (secondary N) is 3. The van der Waals surface area contributed by atoms with Crippen LogP contribution in [-0.4, -0.2) is 61.1 Å². The highest BCUT2D eigenvalue weighted by Crippen LogP contribution is 2.26. The molecule has 0 saturated heterocycles. The third-order valence-electron chi connectivity index (χ3n) is 8.45. The molecule has 1 heterocycles. The lowest BCUT2D eigenvalue weighted by Gasteiger charge is -2.26. The number of fused-ring (bicyclic) bond motifs is 2. The Balaban J connectivity index is 1.37. The van der Waals surface area contributed by atoms with Crippen LogP contribution in [0.25, 0.3) is 0 Å². The van der Waals surface area contributed by atoms with Gasteiger partial charge in [0.05, 0.1) is 24.9 Å². The van der Waals surface area contributed by atoms with Gasteiger partial charge in [0.2, 0.25) is 23.6 Å². The van der Waals surface area contributed by atoms with E-state index in [4.69, 9.17) is 4.74 Å². The lowest BCUT2D eigenvalue weighted by atomic mass is 9.92. The Morgan fingerprint density at radius 2 is 1.44 bits per heavy atom. The fourth-order valence-corrected chi connectivity index (χ4v) is 5.52. The van der Waals surface area contributed by atoms with Crippen molar-refractivity contribution in [2.45, 2.75) is 99.1 Å². The number of nitrogens with zero attached hydrogens (tertiary/aromatic N) is 1. The molecule has 1 aliphatic heterocycles. The van der Waals surface area contributed by atoms with Gasteiger partial charge in [-0.25, -0.2) is 0 Å². The van der Waals surface area contributed by atoms with Crippen LogP contribution in [0.3, 0.4) is 0 Å². The van der Waals surface area contributed by atoms with Crippen LogP contribution in [0.1, 0.15) is 103 Å². The highest BCUT2D eigenvalue weighted by atomic mass is 16.5. The molecule has 52 heavy (non-hydrogen) atoms. The Morgan fingerprint density at radius 3 is 2.15 bits per heavy atom. The minimum absolute atomic E-state index is 0.0437. The number of hydrogen-bond donors (Lipinski definition) is 3. The molecule has 0 fully saturated rings. The van der Waals surface area contributed by atoms with Crippen LogP contribution in [0.15, 0.2) is 48.5 Å². The van der Waals surface area contributed by atoms with Gasteiger partial charge in [0.1, 0.15) is 0 Å². The number of benzene rings is 2. The van der Waals surface area contributed by atoms with E-state index in [2.05, 4.69) is 27.8 Å². The van der Waals surface area contributed by atoms with Crippen LogP contribution >= 0.6 is 0 Å². The average Bonchev–Trinajstić information content (AvgIpc) is 3.08. The standard InChI is InChI=1S/C41H54N4O7/c1-28(2)39(34(46)25-29(3)40(51)43-23-12-19-38(50)52-27-41(4,5)6)44-36(48)18-11-17-35(47)42-24-22-37(49)45-26-32-15-8-7-13-30(32)20-21-31-14-9-10-16-33(31)45/h7-10,13-16,28-29,39H,11-12,17-19,22-27H2,1-6H3,(H,42,47)(H,43,51)(H,44,48)/t29-,39+/m1/s1. The number of carbonyl (C=O) groups excluding carboxylic acids is 6. The van der Waals surface area contributed by atoms with Gasteiger partial charge in [-0.15, -0.1) is 0 Å². The summed E-state index contributed by atoms with van der Waals surface area (Å²) in [4.78, 5) is 77.9. The second-order valence-corrected chi connectivity index (χ2v) is 14.8. The SMILES string of the molecule is CC(C)[C@H](NC(=O)CCCC(=O)NCCC(=O)N1Cc2ccccc2C#Cc2ccccc21)C(=O)C[C@@H](C)C(=O)NCCCC(=O)OCC(C)(C)C. The van der Waals surface area contributed by atoms with E-state index in [0.717, 1.165) is 22.4 Å². The number of carbonyl (C=O) groups is 6. The summed E-state index contributed by atoms with van der Waals surface area (Å²) in [6.07, 6.45) is 1.05. The Bertz CT molecular complexity index is 1650. The number of ketones is 1. The molecule has 0 aliphatic carbocycles. The summed E-state index contributed by atoms with van der Waals surface area (Å²) in [7, 11) is 0. The first-order valence-corrected chi connectivity index (χ1v) is 18.2. The molecular formula is C41H54N4O7. The molecular weight excluding hydrogens is 660 g/mol. The molecule has 3 N–H and O–H groups in total. The minimum atomic E-state index is -0.772. The zero-order valence-corrected chi connectivity index (χ0v) is 31.4. The van der Waals surface area contributed by atoms with Gasteiger partial charge < -0.3 is 25.6 Å². The van der Waals surface area contributed by atoms with Crippen molar-refractivity contribution in [3.05, 3.63) is 65.2 Å². The van der Waals surface area contributed by atoms with Gasteiger partial charge in [0.15, 0.2) is 5.78 Å². The van der Waals surface area contributed by atoms with Gasteiger partial charge in [-0.1, -0.05) is 83.7 Å². The third kappa shape index (κ3) is 14.0. The minimum Gasteiger partial charge on any atom is -0.465 e. The lowest BCUT2D eigenvalue weighted by Crippen LogP contribution is -2.45. The van der Waals surface area contributed by atoms with Crippen molar-refractivity contribution in [2.24, 2.45) is 17.3 Å². The molecule has 0 saturated carbocycles. The Morgan fingerprint density at radius 1 is 0.788 bits per heavy atom. The van der Waals surface area contributed by atoms with E-state index < -0.39 is 12.0 Å². The second kappa shape index (κ2) is 20.2. The molecule has 1 aliphatic rings. The predicted molar refractivity (Wildman–Crippen MR) is 200 cm³/mol. The van der Waals surface area contributed by atoms with Gasteiger partial charge in [-0.2, -0.15) is 0 Å². The maximum Gasteiger partial charge on any atom is 0.305 e. The molecule has 0 bridgehead atoms. The van der Waals surface area contributed by atoms with Crippen molar-refractivity contribution < 1.29 is 33.5 Å². The van der Waals surface area contributed by atoms with Crippen molar-refractivity contribution in [1.82, 2.24) is 16.0 Å². The average molecular weight is 715 g/mol. The summed E-state index contributed by atoms with van der Waals surface area (Å²) in [6.45, 7) is 12.3. The van der Waals surface area contributed by atoms with Gasteiger partial charge >= 0.3 is 5.97 Å². The van der Waals surface area contributed by atoms with Crippen molar-refractivity contribution in [3.8, 4) is 11.8 Å². The molecule has 11 nitrogen and oxygen atoms in total. The Hall–Kier alpha value is -4.98. The number of para-hydroxylation sites is 1. The quantitative estimate of drug-likeness (QED) is 0.114. The molecule has 2 aromatic carbocycles. The van der Waals surface area contributed by atoms with E-state index in [1.807, 2.05) is 83.1 Å². The molecule has 0 unspecified atom stereocenters. The summed E-state index contributed by atoms with van der Waals surface area (Å²) < 4.78 is 5.23. The van der Waals surface area contributed by atoms with E-state index in [0.29, 0.717) is 19.6 Å². The van der Waals surface area contributed by atoms with Crippen molar-refractivity contribution >= 4 is 41.1 Å². The summed E-state index contributed by atoms with van der Waals surface area (Å²) in [5.74, 6) is 3.91. The second-order valence-electron chi connectivity index (χ2n) is 14.8. The molecule has 2 aromatic rings. The van der Waals surface area contributed by atoms with Crippen LogP contribution in [0.5, 0.6) is 0 Å². The van der Waals surface area contributed by atoms with Gasteiger partial charge in [-0.3, -0.25) is 28.8 Å². The number of amides is 4. The Kier molecular flexibility index (Phi) is 16.1. The van der Waals surface area contributed by atoms with E-state index >= 15 is 0 Å². The largest absolute Gasteiger partial charge is 0.465 e. The van der Waals surface area contributed by atoms with Crippen LogP contribution in [0.2, 0.25) is 0 Å². The summed E-state index contributed by atoms with van der Waals surface area (Å²) in [6, 6.07) is 14.5. The van der Waals surface area contributed by atoms with Gasteiger partial charge in [0, 0.05) is 62.2 Å². The van der Waals surface area contributed by atoms with Crippen LogP contribution in [-0.2, 0) is 40.0 Å². The zero-order chi connectivity index (χ0) is 38.3. The van der Waals surface area contributed by atoms with Crippen molar-refractivity contribution in [2.75, 3.05) is 24.6 Å². The number of ether oxygens (including phenoxy) is 1. The van der Waals surface area contributed by atoms with Crippen LogP contribution in [0.4, 0.5) is 5.69 Å². The Labute approximate surface area is 308 Å². The van der Waals surface area contributed by atoms with E-state index in [9.17, 15) is 28.8 Å². The molecule has 2 atom stereocenters. The molecule has 280 valence electrons. The highest BCUT2D eigenvalue weighted by molar-refractivity contribution is 5.95. The number of anilines is 1. The van der Waals surface area contributed by atoms with Crippen LogP contribution in [0, 0.1) is 29.1 Å². The first-order chi connectivity index (χ1) is 24.6. The zero-order valence-electron chi connectivity index (χ0n) is 31.4. The van der Waals surface area contributed by atoms with Crippen molar-refractivity contribution in [3.63, 3.8) is 0 Å². The smallest absolute Gasteiger partial charge is 0.305 e. The summed E-state index contributed by atoms with van der Waals surface area (Å²) in [5.41, 5.74) is 3.18. The maximum absolute atomic E-state index is 13.4. The van der Waals surface area contributed by atoms with Gasteiger partial charge in [-0.05, 0) is 47.9 Å². The first-order valence-electron chi connectivity index (χ1n) is 18.2. The summed E-state index contributed by atoms with van der Waals surface area (Å²) in [5, 5.41) is 8.32. The highest BCUT2D eigenvalue weighted by Gasteiger charge is 2.27. The molecule has 0 spiro atoms. The fraction of sp³-hybridized carbons (Fsp3) is 0.512. The topological polar surface area (TPSA) is 151 Å². The molecule has 0 radical (unpaired) electrons. The molecule has 11 heteroatoms. The van der Waals surface area contributed by atoms with E-state index in [-0.39, 0.29) is 98.3 Å². The van der Waals surface area contributed by atoms with Gasteiger partial charge in [0.25, 0.3) is 0 Å². The fourth-order valence-electron chi connectivity index (χ4n) is 5.52. The number of rotatable bonds is 18. The monoisotopic (exact) mass is 714 g/mol. The normalized spacial score (nSPS) is 13.2. The number of hydrogen-bond acceptors (Lipinski definition) is 7. The van der Waals surface area contributed by atoms with E-state index in [1.54, 1.807) is 11.8 Å². The molecule has 3 rings (SSSR count). The maximum atomic E-state index is 13.4. The third-order valence-corrected chi connectivity index (χ3v) is 8.45. The first kappa shape index (κ1) is 41.4. The molecule has 0 aromatic heterocycles. The van der Waals surface area contributed by atoms with E-state index in [1.165, 1.54) is 0 Å². The van der Waals surface area contributed by atoms with Crippen LogP contribution < -0.4 is 20.9 Å².